The highest BCUT2D eigenvalue weighted by Gasteiger charge is 2.49. The molecule has 1 amide bonds. The average Bonchev–Trinajstić information content (AvgIpc) is 2.73. The number of carbonyl (C=O) groups is 1. The van der Waals surface area contributed by atoms with E-state index in [4.69, 9.17) is 5.11 Å². The summed E-state index contributed by atoms with van der Waals surface area (Å²) >= 11 is 0. The Bertz CT molecular complexity index is 422. The van der Waals surface area contributed by atoms with Gasteiger partial charge in [-0.3, -0.25) is 0 Å². The van der Waals surface area contributed by atoms with E-state index in [2.05, 4.69) is 15.3 Å². The Balaban J connectivity index is 2.22. The van der Waals surface area contributed by atoms with Crippen molar-refractivity contribution < 1.29 is 23.1 Å². The van der Waals surface area contributed by atoms with Gasteiger partial charge in [0.1, 0.15) is 17.1 Å². The fourth-order valence-electron chi connectivity index (χ4n) is 1.46. The predicted octanol–water partition coefficient (Wildman–Crippen LogP) is 1.69. The van der Waals surface area contributed by atoms with Crippen LogP contribution in [0.5, 0.6) is 0 Å². The molecule has 8 heteroatoms. The summed E-state index contributed by atoms with van der Waals surface area (Å²) in [5.74, 6) is 0.0159. The summed E-state index contributed by atoms with van der Waals surface area (Å²) in [4.78, 5) is 16.1. The SMILES string of the molecule is O=C(O)NC1(c2ncc(C(F)(F)F)[nH]2)CC1. The number of amides is 1. The van der Waals surface area contributed by atoms with Crippen LogP contribution in [0.25, 0.3) is 0 Å². The Hall–Kier alpha value is -1.73. The minimum absolute atomic E-state index is 0.0159. The molecule has 2 rings (SSSR count). The standard InChI is InChI=1S/C8H8F3N3O2/c9-8(10,11)4-3-12-5(13-4)7(1-2-7)14-6(15)16/h3,14H,1-2H2,(H,12,13)(H,15,16). The van der Waals surface area contributed by atoms with Crippen LogP contribution in [0, 0.1) is 0 Å². The molecule has 1 fully saturated rings. The molecule has 0 radical (unpaired) electrons. The second-order valence-electron chi connectivity index (χ2n) is 3.66. The molecule has 1 aliphatic rings. The first-order valence-corrected chi connectivity index (χ1v) is 4.47. The smallest absolute Gasteiger partial charge is 0.432 e. The molecule has 1 saturated carbocycles. The van der Waals surface area contributed by atoms with Crippen molar-refractivity contribution in [3.63, 3.8) is 0 Å². The Morgan fingerprint density at radius 1 is 1.56 bits per heavy atom. The van der Waals surface area contributed by atoms with Crippen LogP contribution in [0.1, 0.15) is 24.4 Å². The van der Waals surface area contributed by atoms with Crippen LogP contribution in [-0.2, 0) is 11.7 Å². The molecule has 3 N–H and O–H groups in total. The maximum absolute atomic E-state index is 12.3. The first-order chi connectivity index (χ1) is 7.33. The number of hydrogen-bond donors (Lipinski definition) is 3. The zero-order chi connectivity index (χ0) is 12.0. The van der Waals surface area contributed by atoms with Crippen LogP contribution in [0.15, 0.2) is 6.20 Å². The quantitative estimate of drug-likeness (QED) is 0.729. The minimum Gasteiger partial charge on any atom is -0.465 e. The summed E-state index contributed by atoms with van der Waals surface area (Å²) in [6, 6.07) is 0. The Labute approximate surface area is 87.7 Å². The maximum atomic E-state index is 12.3. The van der Waals surface area contributed by atoms with Gasteiger partial charge in [0, 0.05) is 0 Å². The number of H-pyrrole nitrogens is 1. The number of nitrogens with one attached hydrogen (secondary N) is 2. The van der Waals surface area contributed by atoms with Gasteiger partial charge in [-0.2, -0.15) is 13.2 Å². The maximum Gasteiger partial charge on any atom is 0.432 e. The zero-order valence-corrected chi connectivity index (χ0v) is 7.93. The molecule has 0 unspecified atom stereocenters. The van der Waals surface area contributed by atoms with Crippen molar-refractivity contribution in [2.45, 2.75) is 24.6 Å². The molecule has 0 aliphatic heterocycles. The van der Waals surface area contributed by atoms with Crippen LogP contribution < -0.4 is 5.32 Å². The van der Waals surface area contributed by atoms with Crippen LogP contribution >= 0.6 is 0 Å². The van der Waals surface area contributed by atoms with Gasteiger partial charge >= 0.3 is 12.3 Å². The monoisotopic (exact) mass is 235 g/mol. The Morgan fingerprint density at radius 3 is 2.56 bits per heavy atom. The van der Waals surface area contributed by atoms with Crippen molar-refractivity contribution in [1.82, 2.24) is 15.3 Å². The van der Waals surface area contributed by atoms with Gasteiger partial charge in [-0.05, 0) is 12.8 Å². The third-order valence-corrected chi connectivity index (χ3v) is 2.43. The highest BCUT2D eigenvalue weighted by atomic mass is 19.4. The van der Waals surface area contributed by atoms with Gasteiger partial charge in [0.15, 0.2) is 0 Å². The number of nitrogens with zero attached hydrogens (tertiary/aromatic N) is 1. The van der Waals surface area contributed by atoms with E-state index in [9.17, 15) is 18.0 Å². The topological polar surface area (TPSA) is 78.0 Å². The predicted molar refractivity (Wildman–Crippen MR) is 45.7 cm³/mol. The molecule has 0 saturated heterocycles. The largest absolute Gasteiger partial charge is 0.465 e. The van der Waals surface area contributed by atoms with E-state index < -0.39 is 23.5 Å². The zero-order valence-electron chi connectivity index (χ0n) is 7.93. The molecular formula is C8H8F3N3O2. The molecule has 16 heavy (non-hydrogen) atoms. The molecule has 5 nitrogen and oxygen atoms in total. The molecule has 1 aromatic heterocycles. The fourth-order valence-corrected chi connectivity index (χ4v) is 1.46. The summed E-state index contributed by atoms with van der Waals surface area (Å²) < 4.78 is 36.8. The highest BCUT2D eigenvalue weighted by Crippen LogP contribution is 2.44. The number of alkyl halides is 3. The normalized spacial score (nSPS) is 18.2. The van der Waals surface area contributed by atoms with Crippen molar-refractivity contribution in [3.8, 4) is 0 Å². The van der Waals surface area contributed by atoms with Gasteiger partial charge in [-0.15, -0.1) is 0 Å². The lowest BCUT2D eigenvalue weighted by molar-refractivity contribution is -0.141. The van der Waals surface area contributed by atoms with Crippen LogP contribution in [0.2, 0.25) is 0 Å². The van der Waals surface area contributed by atoms with Crippen molar-refractivity contribution >= 4 is 6.09 Å². The van der Waals surface area contributed by atoms with E-state index in [1.165, 1.54) is 0 Å². The van der Waals surface area contributed by atoms with Crippen molar-refractivity contribution in [2.24, 2.45) is 0 Å². The number of aromatic amines is 1. The summed E-state index contributed by atoms with van der Waals surface area (Å²) in [5, 5.41) is 10.7. The van der Waals surface area contributed by atoms with E-state index in [0.29, 0.717) is 19.0 Å². The van der Waals surface area contributed by atoms with E-state index in [1.54, 1.807) is 0 Å². The van der Waals surface area contributed by atoms with Crippen LogP contribution in [0.4, 0.5) is 18.0 Å². The highest BCUT2D eigenvalue weighted by molar-refractivity contribution is 5.66. The molecule has 88 valence electrons. The summed E-state index contributed by atoms with van der Waals surface area (Å²) in [6.45, 7) is 0. The van der Waals surface area contributed by atoms with E-state index in [1.807, 2.05) is 0 Å². The van der Waals surface area contributed by atoms with Gasteiger partial charge in [-0.25, -0.2) is 9.78 Å². The lowest BCUT2D eigenvalue weighted by Crippen LogP contribution is -2.34. The number of hydrogen-bond acceptors (Lipinski definition) is 2. The molecule has 0 aromatic carbocycles. The van der Waals surface area contributed by atoms with Gasteiger partial charge in [0.05, 0.1) is 6.20 Å². The minimum atomic E-state index is -4.50. The first-order valence-electron chi connectivity index (χ1n) is 4.47. The van der Waals surface area contributed by atoms with Crippen molar-refractivity contribution in [2.75, 3.05) is 0 Å². The number of carboxylic acid groups (broad SMARTS) is 1. The summed E-state index contributed by atoms with van der Waals surface area (Å²) in [7, 11) is 0. The van der Waals surface area contributed by atoms with Crippen molar-refractivity contribution in [3.05, 3.63) is 17.7 Å². The molecule has 1 aromatic rings. The Morgan fingerprint density at radius 2 is 2.19 bits per heavy atom. The molecule has 0 spiro atoms. The third-order valence-electron chi connectivity index (χ3n) is 2.43. The lowest BCUT2D eigenvalue weighted by Gasteiger charge is -2.11. The molecule has 0 bridgehead atoms. The van der Waals surface area contributed by atoms with E-state index in [0.717, 1.165) is 0 Å². The average molecular weight is 235 g/mol. The van der Waals surface area contributed by atoms with Crippen molar-refractivity contribution in [1.29, 1.82) is 0 Å². The van der Waals surface area contributed by atoms with E-state index in [-0.39, 0.29) is 5.82 Å². The van der Waals surface area contributed by atoms with Gasteiger partial charge in [0.2, 0.25) is 0 Å². The second kappa shape index (κ2) is 3.13. The number of rotatable bonds is 2. The summed E-state index contributed by atoms with van der Waals surface area (Å²) in [5.41, 5.74) is -1.93. The molecule has 1 aliphatic carbocycles. The van der Waals surface area contributed by atoms with Crippen LogP contribution in [0.3, 0.4) is 0 Å². The molecular weight excluding hydrogens is 227 g/mol. The summed E-state index contributed by atoms with van der Waals surface area (Å²) in [6.07, 6.45) is -4.21. The van der Waals surface area contributed by atoms with Gasteiger partial charge in [0.25, 0.3) is 0 Å². The number of aromatic nitrogens is 2. The Kier molecular flexibility index (Phi) is 2.11. The van der Waals surface area contributed by atoms with Gasteiger partial charge in [-0.1, -0.05) is 0 Å². The van der Waals surface area contributed by atoms with Gasteiger partial charge < -0.3 is 15.4 Å². The second-order valence-corrected chi connectivity index (χ2v) is 3.66. The van der Waals surface area contributed by atoms with E-state index >= 15 is 0 Å². The third kappa shape index (κ3) is 1.82. The number of imidazole rings is 1. The van der Waals surface area contributed by atoms with Crippen LogP contribution in [-0.4, -0.2) is 21.2 Å². The first kappa shape index (κ1) is 10.8. The lowest BCUT2D eigenvalue weighted by atomic mass is 10.2. The molecule has 1 heterocycles. The number of halogens is 3. The fraction of sp³-hybridized carbons (Fsp3) is 0.500. The molecule has 0 atom stereocenters.